The molecule has 100 valence electrons. The van der Waals surface area contributed by atoms with Gasteiger partial charge in [-0.1, -0.05) is 36.4 Å². The van der Waals surface area contributed by atoms with Gasteiger partial charge >= 0.3 is 6.09 Å². The van der Waals surface area contributed by atoms with Crippen LogP contribution >= 0.6 is 15.9 Å². The number of nitriles is 1. The number of hydrogen-bond donors (Lipinski definition) is 1. The Kier molecular flexibility index (Phi) is 4.75. The predicted molar refractivity (Wildman–Crippen MR) is 79.1 cm³/mol. The fraction of sp³-hybridized carbons (Fsp3) is 0.0667. The summed E-state index contributed by atoms with van der Waals surface area (Å²) in [6, 6.07) is 16.5. The number of anilines is 1. The number of nitrogens with one attached hydrogen (secondary N) is 1. The second-order valence-electron chi connectivity index (χ2n) is 3.96. The van der Waals surface area contributed by atoms with Crippen LogP contribution in [0.2, 0.25) is 0 Å². The first-order valence-corrected chi connectivity index (χ1v) is 6.66. The molecule has 1 N–H and O–H groups in total. The van der Waals surface area contributed by atoms with Gasteiger partial charge in [0.1, 0.15) is 12.7 Å². The molecule has 0 saturated carbocycles. The van der Waals surface area contributed by atoms with Crippen molar-refractivity contribution in [1.82, 2.24) is 0 Å². The van der Waals surface area contributed by atoms with Gasteiger partial charge in [-0.05, 0) is 33.6 Å². The molecule has 1 amide bonds. The summed E-state index contributed by atoms with van der Waals surface area (Å²) in [5, 5.41) is 11.6. The molecule has 0 aliphatic carbocycles. The van der Waals surface area contributed by atoms with Crippen LogP contribution in [0, 0.1) is 11.3 Å². The quantitative estimate of drug-likeness (QED) is 0.922. The largest absolute Gasteiger partial charge is 0.444 e. The van der Waals surface area contributed by atoms with Crippen molar-refractivity contribution < 1.29 is 9.53 Å². The molecule has 0 unspecified atom stereocenters. The first-order chi connectivity index (χ1) is 9.70. The summed E-state index contributed by atoms with van der Waals surface area (Å²) < 4.78 is 5.72. The third-order valence-electron chi connectivity index (χ3n) is 2.57. The summed E-state index contributed by atoms with van der Waals surface area (Å²) in [6.45, 7) is 0.183. The van der Waals surface area contributed by atoms with Gasteiger partial charge in [-0.3, -0.25) is 5.32 Å². The van der Waals surface area contributed by atoms with E-state index in [0.717, 1.165) is 5.56 Å². The van der Waals surface area contributed by atoms with E-state index in [4.69, 9.17) is 10.00 Å². The van der Waals surface area contributed by atoms with E-state index < -0.39 is 6.09 Å². The summed E-state index contributed by atoms with van der Waals surface area (Å²) in [5.41, 5.74) is 1.68. The Morgan fingerprint density at radius 1 is 1.20 bits per heavy atom. The van der Waals surface area contributed by atoms with Crippen LogP contribution in [0.25, 0.3) is 0 Å². The van der Waals surface area contributed by atoms with Gasteiger partial charge in [-0.2, -0.15) is 5.26 Å². The second kappa shape index (κ2) is 6.73. The molecule has 0 fully saturated rings. The number of carbonyl (C=O) groups is 1. The van der Waals surface area contributed by atoms with Crippen LogP contribution in [-0.4, -0.2) is 6.09 Å². The van der Waals surface area contributed by atoms with Crippen molar-refractivity contribution in [2.24, 2.45) is 0 Å². The van der Waals surface area contributed by atoms with Crippen LogP contribution in [0.5, 0.6) is 0 Å². The topological polar surface area (TPSA) is 62.1 Å². The standard InChI is InChI=1S/C15H11BrN2O2/c16-13-7-4-8-14(12(13)9-17)18-15(19)20-10-11-5-2-1-3-6-11/h1-8H,10H2,(H,18,19). The Labute approximate surface area is 125 Å². The zero-order valence-electron chi connectivity index (χ0n) is 10.5. The van der Waals surface area contributed by atoms with Crippen LogP contribution in [0.3, 0.4) is 0 Å². The van der Waals surface area contributed by atoms with E-state index >= 15 is 0 Å². The van der Waals surface area contributed by atoms with E-state index in [9.17, 15) is 4.79 Å². The smallest absolute Gasteiger partial charge is 0.411 e. The van der Waals surface area contributed by atoms with Crippen LogP contribution in [0.15, 0.2) is 53.0 Å². The highest BCUT2D eigenvalue weighted by molar-refractivity contribution is 9.10. The number of benzene rings is 2. The van der Waals surface area contributed by atoms with Crippen LogP contribution < -0.4 is 5.32 Å². The van der Waals surface area contributed by atoms with E-state index in [0.29, 0.717) is 15.7 Å². The predicted octanol–water partition coefficient (Wildman–Crippen LogP) is 4.07. The molecular weight excluding hydrogens is 320 g/mol. The number of ether oxygens (including phenoxy) is 1. The van der Waals surface area contributed by atoms with Crippen molar-refractivity contribution in [3.63, 3.8) is 0 Å². The zero-order valence-corrected chi connectivity index (χ0v) is 12.1. The fourth-order valence-electron chi connectivity index (χ4n) is 1.61. The van der Waals surface area contributed by atoms with Gasteiger partial charge in [-0.25, -0.2) is 4.79 Å². The Morgan fingerprint density at radius 3 is 2.65 bits per heavy atom. The lowest BCUT2D eigenvalue weighted by Gasteiger charge is -2.09. The zero-order chi connectivity index (χ0) is 14.4. The molecule has 0 heterocycles. The molecule has 2 aromatic rings. The SMILES string of the molecule is N#Cc1c(Br)cccc1NC(=O)OCc1ccccc1. The Morgan fingerprint density at radius 2 is 1.95 bits per heavy atom. The minimum atomic E-state index is -0.594. The monoisotopic (exact) mass is 330 g/mol. The molecule has 0 aliphatic heterocycles. The number of rotatable bonds is 3. The average Bonchev–Trinajstić information content (AvgIpc) is 2.46. The molecule has 0 bridgehead atoms. The fourth-order valence-corrected chi connectivity index (χ4v) is 2.07. The van der Waals surface area contributed by atoms with Crippen molar-refractivity contribution >= 4 is 27.7 Å². The van der Waals surface area contributed by atoms with Gasteiger partial charge in [0, 0.05) is 4.47 Å². The minimum absolute atomic E-state index is 0.183. The molecule has 0 aliphatic rings. The number of carbonyl (C=O) groups excluding carboxylic acids is 1. The first kappa shape index (κ1) is 14.1. The third-order valence-corrected chi connectivity index (χ3v) is 3.24. The summed E-state index contributed by atoms with van der Waals surface area (Å²) in [4.78, 5) is 11.7. The maximum Gasteiger partial charge on any atom is 0.411 e. The van der Waals surface area contributed by atoms with Gasteiger partial charge in [0.05, 0.1) is 11.3 Å². The number of hydrogen-bond acceptors (Lipinski definition) is 3. The molecule has 0 spiro atoms. The molecule has 0 aromatic heterocycles. The molecule has 2 aromatic carbocycles. The summed E-state index contributed by atoms with van der Waals surface area (Å²) in [7, 11) is 0. The normalized spacial score (nSPS) is 9.60. The van der Waals surface area contributed by atoms with Crippen molar-refractivity contribution in [3.05, 3.63) is 64.1 Å². The molecule has 5 heteroatoms. The second-order valence-corrected chi connectivity index (χ2v) is 4.82. The van der Waals surface area contributed by atoms with Crippen molar-refractivity contribution in [1.29, 1.82) is 5.26 Å². The summed E-state index contributed by atoms with van der Waals surface area (Å²) in [5.74, 6) is 0. The highest BCUT2D eigenvalue weighted by Crippen LogP contribution is 2.23. The first-order valence-electron chi connectivity index (χ1n) is 5.87. The highest BCUT2D eigenvalue weighted by Gasteiger charge is 2.10. The van der Waals surface area contributed by atoms with Gasteiger partial charge < -0.3 is 4.74 Å². The van der Waals surface area contributed by atoms with Gasteiger partial charge in [0.15, 0.2) is 0 Å². The van der Waals surface area contributed by atoms with E-state index in [1.807, 2.05) is 36.4 Å². The number of nitrogens with zero attached hydrogens (tertiary/aromatic N) is 1. The molecule has 4 nitrogen and oxygen atoms in total. The van der Waals surface area contributed by atoms with E-state index in [2.05, 4.69) is 21.2 Å². The van der Waals surface area contributed by atoms with Gasteiger partial charge in [0.25, 0.3) is 0 Å². The molecule has 0 radical (unpaired) electrons. The van der Waals surface area contributed by atoms with E-state index in [1.165, 1.54) is 0 Å². The lowest BCUT2D eigenvalue weighted by molar-refractivity contribution is 0.155. The minimum Gasteiger partial charge on any atom is -0.444 e. The maximum atomic E-state index is 11.7. The average molecular weight is 331 g/mol. The lowest BCUT2D eigenvalue weighted by atomic mass is 10.2. The van der Waals surface area contributed by atoms with Crippen molar-refractivity contribution in [3.8, 4) is 6.07 Å². The third kappa shape index (κ3) is 3.59. The molecule has 0 atom stereocenters. The van der Waals surface area contributed by atoms with E-state index in [1.54, 1.807) is 18.2 Å². The van der Waals surface area contributed by atoms with Crippen molar-refractivity contribution in [2.45, 2.75) is 6.61 Å². The number of halogens is 1. The molecule has 0 saturated heterocycles. The van der Waals surface area contributed by atoms with Crippen LogP contribution in [0.1, 0.15) is 11.1 Å². The van der Waals surface area contributed by atoms with E-state index in [-0.39, 0.29) is 6.61 Å². The highest BCUT2D eigenvalue weighted by atomic mass is 79.9. The number of amides is 1. The molecule has 20 heavy (non-hydrogen) atoms. The van der Waals surface area contributed by atoms with Crippen LogP contribution in [0.4, 0.5) is 10.5 Å². The lowest BCUT2D eigenvalue weighted by Crippen LogP contribution is -2.14. The summed E-state index contributed by atoms with van der Waals surface area (Å²) in [6.07, 6.45) is -0.594. The van der Waals surface area contributed by atoms with Gasteiger partial charge in [0.2, 0.25) is 0 Å². The Hall–Kier alpha value is -2.32. The van der Waals surface area contributed by atoms with Crippen molar-refractivity contribution in [2.75, 3.05) is 5.32 Å². The molecular formula is C15H11BrN2O2. The summed E-state index contributed by atoms with van der Waals surface area (Å²) >= 11 is 3.26. The van der Waals surface area contributed by atoms with Gasteiger partial charge in [-0.15, -0.1) is 0 Å². The maximum absolute atomic E-state index is 11.7. The molecule has 2 rings (SSSR count). The Balaban J connectivity index is 1.99. The Bertz CT molecular complexity index is 651. The van der Waals surface area contributed by atoms with Crippen LogP contribution in [-0.2, 0) is 11.3 Å².